The van der Waals surface area contributed by atoms with Gasteiger partial charge in [0.05, 0.1) is 5.51 Å². The molecule has 19 heavy (non-hydrogen) atoms. The first-order valence-corrected chi connectivity index (χ1v) is 6.19. The van der Waals surface area contributed by atoms with Crippen molar-refractivity contribution < 1.29 is 27.9 Å². The van der Waals surface area contributed by atoms with E-state index < -0.39 is 34.7 Å². The lowest BCUT2D eigenvalue weighted by Crippen LogP contribution is -2.40. The third-order valence-corrected chi connectivity index (χ3v) is 3.05. The molecule has 0 spiro atoms. The van der Waals surface area contributed by atoms with Crippen LogP contribution in [0.4, 0.5) is 13.2 Å². The van der Waals surface area contributed by atoms with Gasteiger partial charge in [-0.05, 0) is 6.42 Å². The molecule has 0 aliphatic rings. The smallest absolute Gasteiger partial charge is 0.434 e. The number of alkyl halides is 3. The average molecular weight is 296 g/mol. The van der Waals surface area contributed by atoms with Gasteiger partial charge in [0.2, 0.25) is 0 Å². The summed E-state index contributed by atoms with van der Waals surface area (Å²) in [6.45, 7) is 1.70. The zero-order chi connectivity index (χ0) is 14.6. The highest BCUT2D eigenvalue weighted by Crippen LogP contribution is 2.32. The summed E-state index contributed by atoms with van der Waals surface area (Å²) >= 11 is 0.520. The van der Waals surface area contributed by atoms with Crippen LogP contribution < -0.4 is 5.32 Å². The quantitative estimate of drug-likeness (QED) is 0.872. The van der Waals surface area contributed by atoms with Crippen LogP contribution in [-0.4, -0.2) is 28.0 Å². The summed E-state index contributed by atoms with van der Waals surface area (Å²) in [6, 6.07) is -1.21. The monoisotopic (exact) mass is 296 g/mol. The number of carbonyl (C=O) groups excluding carboxylic acids is 1. The number of thiazole rings is 1. The summed E-state index contributed by atoms with van der Waals surface area (Å²) in [6.07, 6.45) is -4.12. The Morgan fingerprint density at radius 2 is 2.16 bits per heavy atom. The molecule has 2 N–H and O–H groups in total. The topological polar surface area (TPSA) is 79.3 Å². The van der Waals surface area contributed by atoms with Gasteiger partial charge in [0, 0.05) is 0 Å². The number of hydrogen-bond acceptors (Lipinski definition) is 4. The summed E-state index contributed by atoms with van der Waals surface area (Å²) in [5.74, 6) is -2.36. The molecule has 1 rings (SSSR count). The number of amides is 1. The largest absolute Gasteiger partial charge is 0.480 e. The van der Waals surface area contributed by atoms with Gasteiger partial charge in [-0.15, -0.1) is 11.3 Å². The van der Waals surface area contributed by atoms with Crippen molar-refractivity contribution in [3.63, 3.8) is 0 Å². The van der Waals surface area contributed by atoms with E-state index in [2.05, 4.69) is 10.3 Å². The minimum atomic E-state index is -4.74. The number of aliphatic carboxylic acids is 1. The lowest BCUT2D eigenvalue weighted by molar-refractivity contribution is -0.141. The Bertz CT molecular complexity index is 473. The fourth-order valence-electron chi connectivity index (χ4n) is 1.38. The Morgan fingerprint density at radius 1 is 1.53 bits per heavy atom. The van der Waals surface area contributed by atoms with Gasteiger partial charge in [-0.2, -0.15) is 13.2 Å². The number of nitrogens with zero attached hydrogens (tertiary/aromatic N) is 1. The van der Waals surface area contributed by atoms with Gasteiger partial charge in [0.1, 0.15) is 10.9 Å². The Balaban J connectivity index is 2.89. The minimum absolute atomic E-state index is 0.140. The van der Waals surface area contributed by atoms with Crippen molar-refractivity contribution in [3.8, 4) is 0 Å². The van der Waals surface area contributed by atoms with Crippen molar-refractivity contribution in [1.29, 1.82) is 0 Å². The Morgan fingerprint density at radius 3 is 2.63 bits per heavy atom. The number of carboxylic acids is 1. The first kappa shape index (κ1) is 15.4. The van der Waals surface area contributed by atoms with Gasteiger partial charge >= 0.3 is 12.1 Å². The van der Waals surface area contributed by atoms with Crippen molar-refractivity contribution >= 4 is 23.2 Å². The molecule has 5 nitrogen and oxygen atoms in total. The normalized spacial score (nSPS) is 13.1. The molecule has 0 fully saturated rings. The van der Waals surface area contributed by atoms with E-state index in [1.165, 1.54) is 0 Å². The van der Waals surface area contributed by atoms with E-state index in [9.17, 15) is 22.8 Å². The van der Waals surface area contributed by atoms with Crippen LogP contribution in [0.5, 0.6) is 0 Å². The molecular weight excluding hydrogens is 285 g/mol. The minimum Gasteiger partial charge on any atom is -0.480 e. The number of nitrogens with one attached hydrogen (secondary N) is 1. The molecular formula is C10H11F3N2O3S. The average Bonchev–Trinajstić information content (AvgIpc) is 2.76. The summed E-state index contributed by atoms with van der Waals surface area (Å²) in [7, 11) is 0. The van der Waals surface area contributed by atoms with Crippen LogP contribution in [0.15, 0.2) is 5.51 Å². The van der Waals surface area contributed by atoms with Crippen molar-refractivity contribution in [2.45, 2.75) is 32.0 Å². The maximum atomic E-state index is 12.5. The van der Waals surface area contributed by atoms with E-state index in [0.717, 1.165) is 5.51 Å². The van der Waals surface area contributed by atoms with Crippen LogP contribution in [0.2, 0.25) is 0 Å². The van der Waals surface area contributed by atoms with Gasteiger partial charge in [-0.1, -0.05) is 13.3 Å². The van der Waals surface area contributed by atoms with Gasteiger partial charge < -0.3 is 10.4 Å². The second-order valence-corrected chi connectivity index (χ2v) is 4.54. The summed E-state index contributed by atoms with van der Waals surface area (Å²) in [4.78, 5) is 24.9. The third-order valence-electron chi connectivity index (χ3n) is 2.22. The lowest BCUT2D eigenvalue weighted by Gasteiger charge is -2.13. The number of hydrogen-bond donors (Lipinski definition) is 2. The molecule has 0 saturated carbocycles. The number of aromatic nitrogens is 1. The summed E-state index contributed by atoms with van der Waals surface area (Å²) in [5.41, 5.74) is -0.400. The number of rotatable bonds is 5. The molecule has 1 aromatic heterocycles. The summed E-state index contributed by atoms with van der Waals surface area (Å²) in [5, 5.41) is 10.9. The predicted octanol–water partition coefficient (Wildman–Crippen LogP) is 2.14. The first-order chi connectivity index (χ1) is 8.77. The third kappa shape index (κ3) is 3.91. The zero-order valence-electron chi connectivity index (χ0n) is 9.82. The second kappa shape index (κ2) is 6.00. The fraction of sp³-hybridized carbons (Fsp3) is 0.500. The van der Waals surface area contributed by atoms with Gasteiger partial charge in [-0.3, -0.25) is 4.79 Å². The Kier molecular flexibility index (Phi) is 4.87. The Hall–Kier alpha value is -1.64. The van der Waals surface area contributed by atoms with E-state index in [0.29, 0.717) is 17.8 Å². The molecule has 0 aromatic carbocycles. The van der Waals surface area contributed by atoms with E-state index in [-0.39, 0.29) is 6.42 Å². The molecule has 9 heteroatoms. The van der Waals surface area contributed by atoms with Crippen LogP contribution in [0.3, 0.4) is 0 Å². The molecule has 1 amide bonds. The first-order valence-electron chi connectivity index (χ1n) is 5.31. The molecule has 1 atom stereocenters. The van der Waals surface area contributed by atoms with Crippen LogP contribution in [0.25, 0.3) is 0 Å². The van der Waals surface area contributed by atoms with Crippen molar-refractivity contribution in [2.24, 2.45) is 0 Å². The highest BCUT2D eigenvalue weighted by Gasteiger charge is 2.38. The standard InChI is InChI=1S/C10H11F3N2O3S/c1-2-3-5(9(17)18)15-8(16)6-7(10(11,12)13)14-4-19-6/h4-5H,2-3H2,1H3,(H,15,16)(H,17,18). The molecule has 0 radical (unpaired) electrons. The molecule has 0 saturated heterocycles. The van der Waals surface area contributed by atoms with Crippen LogP contribution in [0.1, 0.15) is 35.1 Å². The summed E-state index contributed by atoms with van der Waals surface area (Å²) < 4.78 is 37.6. The lowest BCUT2D eigenvalue weighted by atomic mass is 10.1. The van der Waals surface area contributed by atoms with Crippen molar-refractivity contribution in [1.82, 2.24) is 10.3 Å². The van der Waals surface area contributed by atoms with Gasteiger partial charge in [0.15, 0.2) is 5.69 Å². The van der Waals surface area contributed by atoms with E-state index >= 15 is 0 Å². The van der Waals surface area contributed by atoms with Crippen molar-refractivity contribution in [3.05, 3.63) is 16.1 Å². The molecule has 1 heterocycles. The van der Waals surface area contributed by atoms with Crippen LogP contribution in [-0.2, 0) is 11.0 Å². The van der Waals surface area contributed by atoms with Crippen LogP contribution >= 0.6 is 11.3 Å². The van der Waals surface area contributed by atoms with Crippen molar-refractivity contribution in [2.75, 3.05) is 0 Å². The molecule has 0 aliphatic carbocycles. The highest BCUT2D eigenvalue weighted by atomic mass is 32.1. The predicted molar refractivity (Wildman–Crippen MR) is 60.9 cm³/mol. The zero-order valence-corrected chi connectivity index (χ0v) is 10.6. The molecule has 0 aliphatic heterocycles. The maximum Gasteiger partial charge on any atom is 0.434 e. The number of carboxylic acid groups (broad SMARTS) is 1. The van der Waals surface area contributed by atoms with Crippen LogP contribution in [0, 0.1) is 0 Å². The molecule has 106 valence electrons. The van der Waals surface area contributed by atoms with E-state index in [4.69, 9.17) is 5.11 Å². The molecule has 0 bridgehead atoms. The molecule has 1 unspecified atom stereocenters. The maximum absolute atomic E-state index is 12.5. The van der Waals surface area contributed by atoms with E-state index in [1.807, 2.05) is 0 Å². The highest BCUT2D eigenvalue weighted by molar-refractivity contribution is 7.11. The number of halogens is 3. The van der Waals surface area contributed by atoms with E-state index in [1.54, 1.807) is 6.92 Å². The SMILES string of the molecule is CCCC(NC(=O)c1scnc1C(F)(F)F)C(=O)O. The Labute approximate surface area is 110 Å². The second-order valence-electron chi connectivity index (χ2n) is 3.68. The van der Waals surface area contributed by atoms with Gasteiger partial charge in [0.25, 0.3) is 5.91 Å². The molecule has 1 aromatic rings. The fourth-order valence-corrected chi connectivity index (χ4v) is 2.09. The number of carbonyl (C=O) groups is 2. The van der Waals surface area contributed by atoms with Gasteiger partial charge in [-0.25, -0.2) is 9.78 Å².